The van der Waals surface area contributed by atoms with E-state index >= 15 is 0 Å². The van der Waals surface area contributed by atoms with E-state index in [1.54, 1.807) is 32.0 Å². The number of carboxylic acids is 1. The van der Waals surface area contributed by atoms with E-state index in [4.69, 9.17) is 0 Å². The van der Waals surface area contributed by atoms with Crippen LogP contribution >= 0.6 is 0 Å². The van der Waals surface area contributed by atoms with Crippen molar-refractivity contribution in [3.05, 3.63) is 64.2 Å². The Morgan fingerprint density at radius 3 is 2.32 bits per heavy atom. The van der Waals surface area contributed by atoms with Crippen LogP contribution in [-0.2, 0) is 14.8 Å². The number of aryl methyl sites for hydroxylation is 3. The molecule has 1 amide bonds. The molecule has 0 aliphatic heterocycles. The summed E-state index contributed by atoms with van der Waals surface area (Å²) < 4.78 is 28.9. The van der Waals surface area contributed by atoms with Crippen LogP contribution in [0.2, 0.25) is 0 Å². The first kappa shape index (κ1) is 25.6. The Hall–Kier alpha value is -3.04. The summed E-state index contributed by atoms with van der Waals surface area (Å²) in [4.78, 5) is 24.3. The van der Waals surface area contributed by atoms with Crippen LogP contribution < -0.4 is 5.43 Å². The summed E-state index contributed by atoms with van der Waals surface area (Å²) in [6, 6.07) is 9.68. The molecule has 1 aliphatic rings. The van der Waals surface area contributed by atoms with Crippen molar-refractivity contribution in [1.29, 1.82) is 0 Å². The molecule has 0 heterocycles. The van der Waals surface area contributed by atoms with Gasteiger partial charge < -0.3 is 5.11 Å². The average molecular weight is 486 g/mol. The fraction of sp³-hybridized carbons (Fsp3) is 0.400. The first-order chi connectivity index (χ1) is 16.1. The molecule has 0 spiro atoms. The van der Waals surface area contributed by atoms with Gasteiger partial charge >= 0.3 is 5.97 Å². The maximum absolute atomic E-state index is 13.8. The van der Waals surface area contributed by atoms with Crippen molar-refractivity contribution in [2.75, 3.05) is 6.54 Å². The zero-order chi connectivity index (χ0) is 24.9. The molecular formula is C25H31N3O5S. The number of carbonyl (C=O) groups excluding carboxylic acids is 1. The molecule has 1 fully saturated rings. The highest BCUT2D eigenvalue weighted by Crippen LogP contribution is 2.31. The van der Waals surface area contributed by atoms with E-state index in [0.29, 0.717) is 29.5 Å². The van der Waals surface area contributed by atoms with E-state index in [1.165, 1.54) is 16.6 Å². The number of hydrazone groups is 1. The van der Waals surface area contributed by atoms with Crippen LogP contribution in [0.3, 0.4) is 0 Å². The van der Waals surface area contributed by atoms with Gasteiger partial charge in [-0.25, -0.2) is 18.6 Å². The van der Waals surface area contributed by atoms with E-state index < -0.39 is 21.9 Å². The van der Waals surface area contributed by atoms with E-state index in [1.807, 2.05) is 19.1 Å². The SMILES string of the molecule is Cc1cc(C)c(S(=O)(=O)N(CC(=O)NN=Cc2ccccc2C(=O)O)C2CCCCC2)c(C)c1. The average Bonchev–Trinajstić information content (AvgIpc) is 2.77. The summed E-state index contributed by atoms with van der Waals surface area (Å²) >= 11 is 0. The third kappa shape index (κ3) is 5.90. The fourth-order valence-corrected chi connectivity index (χ4v) is 6.68. The Bertz CT molecular complexity index is 1180. The smallest absolute Gasteiger partial charge is 0.336 e. The van der Waals surface area contributed by atoms with Gasteiger partial charge in [-0.2, -0.15) is 9.41 Å². The van der Waals surface area contributed by atoms with Gasteiger partial charge in [0.1, 0.15) is 0 Å². The Labute approximate surface area is 200 Å². The number of aromatic carboxylic acids is 1. The van der Waals surface area contributed by atoms with Gasteiger partial charge in [0, 0.05) is 11.6 Å². The van der Waals surface area contributed by atoms with Crippen LogP contribution in [0.15, 0.2) is 46.4 Å². The Morgan fingerprint density at radius 2 is 1.71 bits per heavy atom. The van der Waals surface area contributed by atoms with Gasteiger partial charge in [0.05, 0.1) is 23.2 Å². The van der Waals surface area contributed by atoms with Crippen LogP contribution in [0.25, 0.3) is 0 Å². The summed E-state index contributed by atoms with van der Waals surface area (Å²) in [5.41, 5.74) is 5.03. The maximum atomic E-state index is 13.8. The highest BCUT2D eigenvalue weighted by Gasteiger charge is 2.35. The van der Waals surface area contributed by atoms with E-state index in [2.05, 4.69) is 10.5 Å². The molecule has 0 aromatic heterocycles. The molecule has 9 heteroatoms. The van der Waals surface area contributed by atoms with Gasteiger partial charge in [-0.05, 0) is 50.8 Å². The Morgan fingerprint density at radius 1 is 1.09 bits per heavy atom. The summed E-state index contributed by atoms with van der Waals surface area (Å²) in [7, 11) is -3.93. The van der Waals surface area contributed by atoms with Gasteiger partial charge in [-0.15, -0.1) is 0 Å². The molecule has 1 aliphatic carbocycles. The number of benzene rings is 2. The quantitative estimate of drug-likeness (QED) is 0.436. The van der Waals surface area contributed by atoms with Gasteiger partial charge in [-0.1, -0.05) is 55.2 Å². The largest absolute Gasteiger partial charge is 0.478 e. The minimum atomic E-state index is -3.93. The number of carbonyl (C=O) groups is 2. The van der Waals surface area contributed by atoms with Crippen LogP contribution in [-0.4, -0.2) is 48.5 Å². The summed E-state index contributed by atoms with van der Waals surface area (Å²) in [5.74, 6) is -1.69. The van der Waals surface area contributed by atoms with E-state index in [9.17, 15) is 23.1 Å². The molecule has 182 valence electrons. The third-order valence-corrected chi connectivity index (χ3v) is 8.24. The Kier molecular flexibility index (Phi) is 8.22. The zero-order valence-corrected chi connectivity index (χ0v) is 20.6. The number of sulfonamides is 1. The number of carboxylic acid groups (broad SMARTS) is 1. The standard InChI is InChI=1S/C25H31N3O5S/c1-17-13-18(2)24(19(3)14-17)34(32,33)28(21-10-5-4-6-11-21)16-23(29)27-26-15-20-9-7-8-12-22(20)25(30)31/h7-9,12-15,21H,4-6,10-11,16H2,1-3H3,(H,27,29)(H,30,31). The molecule has 2 aromatic rings. The summed E-state index contributed by atoms with van der Waals surface area (Å²) in [5, 5.41) is 13.1. The molecule has 0 saturated heterocycles. The highest BCUT2D eigenvalue weighted by molar-refractivity contribution is 7.89. The predicted molar refractivity (Wildman–Crippen MR) is 131 cm³/mol. The lowest BCUT2D eigenvalue weighted by molar-refractivity contribution is -0.121. The topological polar surface area (TPSA) is 116 Å². The number of amides is 1. The van der Waals surface area contributed by atoms with Crippen molar-refractivity contribution in [3.8, 4) is 0 Å². The molecule has 0 unspecified atom stereocenters. The molecule has 2 N–H and O–H groups in total. The molecule has 34 heavy (non-hydrogen) atoms. The lowest BCUT2D eigenvalue weighted by Gasteiger charge is -2.33. The lowest BCUT2D eigenvalue weighted by Crippen LogP contribution is -2.46. The number of rotatable bonds is 8. The van der Waals surface area contributed by atoms with Crippen molar-refractivity contribution in [1.82, 2.24) is 9.73 Å². The van der Waals surface area contributed by atoms with Crippen molar-refractivity contribution in [3.63, 3.8) is 0 Å². The first-order valence-electron chi connectivity index (χ1n) is 11.3. The van der Waals surface area contributed by atoms with Crippen molar-refractivity contribution >= 4 is 28.1 Å². The van der Waals surface area contributed by atoms with Crippen molar-refractivity contribution < 1.29 is 23.1 Å². The first-order valence-corrected chi connectivity index (χ1v) is 12.8. The van der Waals surface area contributed by atoms with E-state index in [0.717, 1.165) is 24.8 Å². The molecule has 3 rings (SSSR count). The molecule has 0 radical (unpaired) electrons. The van der Waals surface area contributed by atoms with Crippen LogP contribution in [0.4, 0.5) is 0 Å². The minimum Gasteiger partial charge on any atom is -0.478 e. The lowest BCUT2D eigenvalue weighted by atomic mass is 9.95. The number of hydrogen-bond donors (Lipinski definition) is 2. The van der Waals surface area contributed by atoms with E-state index in [-0.39, 0.29) is 23.0 Å². The van der Waals surface area contributed by atoms with Crippen LogP contribution in [0.5, 0.6) is 0 Å². The van der Waals surface area contributed by atoms with Crippen LogP contribution in [0.1, 0.15) is 64.7 Å². The number of nitrogens with zero attached hydrogens (tertiary/aromatic N) is 2. The molecule has 0 bridgehead atoms. The van der Waals surface area contributed by atoms with Gasteiger partial charge in [0.25, 0.3) is 5.91 Å². The third-order valence-electron chi connectivity index (χ3n) is 6.04. The minimum absolute atomic E-state index is 0.0530. The molecule has 1 saturated carbocycles. The molecule has 0 atom stereocenters. The number of hydrogen-bond acceptors (Lipinski definition) is 5. The normalized spacial score (nSPS) is 15.1. The zero-order valence-electron chi connectivity index (χ0n) is 19.7. The molecule has 2 aromatic carbocycles. The second kappa shape index (κ2) is 10.9. The number of nitrogens with one attached hydrogen (secondary N) is 1. The van der Waals surface area contributed by atoms with Crippen molar-refractivity contribution in [2.45, 2.75) is 63.8 Å². The molecular weight excluding hydrogens is 454 g/mol. The summed E-state index contributed by atoms with van der Waals surface area (Å²) in [6.07, 6.45) is 5.52. The fourth-order valence-electron chi connectivity index (χ4n) is 4.63. The van der Waals surface area contributed by atoms with Crippen LogP contribution in [0, 0.1) is 20.8 Å². The van der Waals surface area contributed by atoms with Gasteiger partial charge in [-0.3, -0.25) is 4.79 Å². The monoisotopic (exact) mass is 485 g/mol. The highest BCUT2D eigenvalue weighted by atomic mass is 32.2. The summed E-state index contributed by atoms with van der Waals surface area (Å²) in [6.45, 7) is 5.10. The Balaban J connectivity index is 1.85. The predicted octanol–water partition coefficient (Wildman–Crippen LogP) is 3.78. The maximum Gasteiger partial charge on any atom is 0.336 e. The van der Waals surface area contributed by atoms with Crippen molar-refractivity contribution in [2.24, 2.45) is 5.10 Å². The molecule has 8 nitrogen and oxygen atoms in total. The second-order valence-electron chi connectivity index (χ2n) is 8.76. The second-order valence-corrected chi connectivity index (χ2v) is 10.6. The van der Waals surface area contributed by atoms with Gasteiger partial charge in [0.15, 0.2) is 0 Å². The van der Waals surface area contributed by atoms with Gasteiger partial charge in [0.2, 0.25) is 10.0 Å².